The highest BCUT2D eigenvalue weighted by Crippen LogP contribution is 2.32. The van der Waals surface area contributed by atoms with Crippen molar-refractivity contribution >= 4 is 28.1 Å². The molecule has 0 aliphatic carbocycles. The smallest absolute Gasteiger partial charge is 0.273 e. The third-order valence-electron chi connectivity index (χ3n) is 3.61. The summed E-state index contributed by atoms with van der Waals surface area (Å²) in [5.74, 6) is 0.0149. The fourth-order valence-electron chi connectivity index (χ4n) is 2.26. The topological polar surface area (TPSA) is 116 Å². The van der Waals surface area contributed by atoms with Crippen molar-refractivity contribution in [2.75, 3.05) is 20.2 Å². The average Bonchev–Trinajstić information content (AvgIpc) is 2.78. The van der Waals surface area contributed by atoms with Crippen LogP contribution in [0.5, 0.6) is 5.75 Å². The molecule has 1 saturated heterocycles. The van der Waals surface area contributed by atoms with Gasteiger partial charge < -0.3 is 10.5 Å². The number of nitrogens with two attached hydrogens (primary N) is 1. The average molecular weight is 352 g/mol. The predicted molar refractivity (Wildman–Crippen MR) is 82.8 cm³/mol. The third-order valence-corrected chi connectivity index (χ3v) is 5.48. The van der Waals surface area contributed by atoms with Crippen LogP contribution in [0.25, 0.3) is 0 Å². The first-order valence-electron chi connectivity index (χ1n) is 6.35. The summed E-state index contributed by atoms with van der Waals surface area (Å²) in [7, 11) is -2.51. The minimum absolute atomic E-state index is 0. The van der Waals surface area contributed by atoms with Crippen molar-refractivity contribution in [1.82, 2.24) is 4.31 Å². The van der Waals surface area contributed by atoms with Gasteiger partial charge >= 0.3 is 0 Å². The molecule has 0 radical (unpaired) electrons. The van der Waals surface area contributed by atoms with Crippen molar-refractivity contribution in [3.8, 4) is 5.75 Å². The van der Waals surface area contributed by atoms with Gasteiger partial charge in [-0.1, -0.05) is 6.92 Å². The lowest BCUT2D eigenvalue weighted by Crippen LogP contribution is -2.32. The number of methoxy groups -OCH3 is 1. The number of nitro benzene ring substituents is 1. The minimum Gasteiger partial charge on any atom is -0.495 e. The summed E-state index contributed by atoms with van der Waals surface area (Å²) >= 11 is 0. The molecular formula is C12H18ClN3O5S. The van der Waals surface area contributed by atoms with Gasteiger partial charge in [0.15, 0.2) is 0 Å². The van der Waals surface area contributed by atoms with Crippen LogP contribution in [-0.4, -0.2) is 43.9 Å². The third kappa shape index (κ3) is 3.32. The van der Waals surface area contributed by atoms with Gasteiger partial charge in [0.1, 0.15) is 10.6 Å². The van der Waals surface area contributed by atoms with Crippen LogP contribution in [0.4, 0.5) is 5.69 Å². The molecule has 22 heavy (non-hydrogen) atoms. The standard InChI is InChI=1S/C12H17N3O5S.ClH/c1-8-6-14(7-10(8)13)21(18,19)12-4-3-9(15(16)17)5-11(12)20-2;/h3-5,8,10H,6-7,13H2,1-2H3;1H. The van der Waals surface area contributed by atoms with Crippen LogP contribution in [0, 0.1) is 16.0 Å². The summed E-state index contributed by atoms with van der Waals surface area (Å²) < 4.78 is 31.5. The molecule has 1 aliphatic heterocycles. The number of non-ortho nitro benzene ring substituents is 1. The van der Waals surface area contributed by atoms with E-state index in [0.717, 1.165) is 12.1 Å². The van der Waals surface area contributed by atoms with Crippen LogP contribution in [0.1, 0.15) is 6.92 Å². The molecule has 2 atom stereocenters. The van der Waals surface area contributed by atoms with Crippen molar-refractivity contribution in [3.63, 3.8) is 0 Å². The second kappa shape index (κ2) is 6.78. The van der Waals surface area contributed by atoms with E-state index < -0.39 is 14.9 Å². The highest BCUT2D eigenvalue weighted by Gasteiger charge is 2.37. The summed E-state index contributed by atoms with van der Waals surface area (Å²) in [6.45, 7) is 2.43. The van der Waals surface area contributed by atoms with Gasteiger partial charge in [-0.15, -0.1) is 12.4 Å². The molecule has 0 amide bonds. The molecule has 1 aliphatic rings. The Bertz CT molecular complexity index is 657. The molecule has 2 rings (SSSR count). The van der Waals surface area contributed by atoms with E-state index in [-0.39, 0.29) is 47.2 Å². The molecule has 124 valence electrons. The Labute approximate surface area is 134 Å². The van der Waals surface area contributed by atoms with Crippen LogP contribution >= 0.6 is 12.4 Å². The molecule has 0 saturated carbocycles. The lowest BCUT2D eigenvalue weighted by molar-refractivity contribution is -0.385. The summed E-state index contributed by atoms with van der Waals surface area (Å²) in [5.41, 5.74) is 5.63. The molecule has 1 fully saturated rings. The fraction of sp³-hybridized carbons (Fsp3) is 0.500. The number of rotatable bonds is 4. The van der Waals surface area contributed by atoms with Gasteiger partial charge in [-0.2, -0.15) is 4.31 Å². The van der Waals surface area contributed by atoms with Crippen LogP contribution in [-0.2, 0) is 10.0 Å². The lowest BCUT2D eigenvalue weighted by Gasteiger charge is -2.17. The number of nitro groups is 1. The van der Waals surface area contributed by atoms with Gasteiger partial charge in [0.25, 0.3) is 5.69 Å². The van der Waals surface area contributed by atoms with E-state index >= 15 is 0 Å². The van der Waals surface area contributed by atoms with E-state index in [1.165, 1.54) is 17.5 Å². The summed E-state index contributed by atoms with van der Waals surface area (Å²) in [5, 5.41) is 10.7. The maximum atomic E-state index is 12.6. The van der Waals surface area contributed by atoms with E-state index in [4.69, 9.17) is 10.5 Å². The number of benzene rings is 1. The molecule has 0 aromatic heterocycles. The molecule has 8 nitrogen and oxygen atoms in total. The zero-order valence-corrected chi connectivity index (χ0v) is 13.8. The number of sulfonamides is 1. The van der Waals surface area contributed by atoms with Crippen molar-refractivity contribution in [2.45, 2.75) is 17.9 Å². The van der Waals surface area contributed by atoms with Gasteiger partial charge in [-0.25, -0.2) is 8.42 Å². The highest BCUT2D eigenvalue weighted by atomic mass is 35.5. The summed E-state index contributed by atoms with van der Waals surface area (Å²) in [4.78, 5) is 10.1. The van der Waals surface area contributed by atoms with Crippen molar-refractivity contribution in [3.05, 3.63) is 28.3 Å². The fourth-order valence-corrected chi connectivity index (χ4v) is 3.98. The number of hydrogen-bond donors (Lipinski definition) is 1. The molecule has 2 N–H and O–H groups in total. The molecular weight excluding hydrogens is 334 g/mol. The highest BCUT2D eigenvalue weighted by molar-refractivity contribution is 7.89. The first-order chi connectivity index (χ1) is 9.77. The van der Waals surface area contributed by atoms with E-state index in [1.807, 2.05) is 6.92 Å². The Hall–Kier alpha value is -1.42. The Morgan fingerprint density at radius 3 is 2.50 bits per heavy atom. The van der Waals surface area contributed by atoms with E-state index in [9.17, 15) is 18.5 Å². The molecule has 2 unspecified atom stereocenters. The molecule has 1 heterocycles. The van der Waals surface area contributed by atoms with E-state index in [0.29, 0.717) is 6.54 Å². The first-order valence-corrected chi connectivity index (χ1v) is 7.79. The first kappa shape index (κ1) is 18.6. The van der Waals surface area contributed by atoms with Gasteiger partial charge in [0.2, 0.25) is 10.0 Å². The minimum atomic E-state index is -3.78. The van der Waals surface area contributed by atoms with E-state index in [1.54, 1.807) is 0 Å². The number of halogens is 1. The molecule has 1 aromatic rings. The van der Waals surface area contributed by atoms with E-state index in [2.05, 4.69) is 0 Å². The number of nitrogens with zero attached hydrogens (tertiary/aromatic N) is 2. The monoisotopic (exact) mass is 351 g/mol. The Morgan fingerprint density at radius 2 is 2.05 bits per heavy atom. The quantitative estimate of drug-likeness (QED) is 0.638. The van der Waals surface area contributed by atoms with Gasteiger partial charge in [0.05, 0.1) is 18.1 Å². The SMILES string of the molecule is COc1cc([N+](=O)[O-])ccc1S(=O)(=O)N1CC(C)C(N)C1.Cl. The number of hydrogen-bond acceptors (Lipinski definition) is 6. The van der Waals surface area contributed by atoms with Crippen molar-refractivity contribution in [2.24, 2.45) is 11.7 Å². The maximum absolute atomic E-state index is 12.6. The van der Waals surface area contributed by atoms with Crippen LogP contribution < -0.4 is 10.5 Å². The lowest BCUT2D eigenvalue weighted by atomic mass is 10.1. The zero-order chi connectivity index (χ0) is 15.8. The molecule has 0 bridgehead atoms. The maximum Gasteiger partial charge on any atom is 0.273 e. The van der Waals surface area contributed by atoms with Gasteiger partial charge in [-0.3, -0.25) is 10.1 Å². The van der Waals surface area contributed by atoms with Crippen LogP contribution in [0.3, 0.4) is 0 Å². The second-order valence-electron chi connectivity index (χ2n) is 5.06. The van der Waals surface area contributed by atoms with Crippen molar-refractivity contribution in [1.29, 1.82) is 0 Å². The summed E-state index contributed by atoms with van der Waals surface area (Å²) in [6.07, 6.45) is 0. The molecule has 1 aromatic carbocycles. The second-order valence-corrected chi connectivity index (χ2v) is 6.96. The van der Waals surface area contributed by atoms with Crippen LogP contribution in [0.15, 0.2) is 23.1 Å². The number of ether oxygens (including phenoxy) is 1. The van der Waals surface area contributed by atoms with Crippen molar-refractivity contribution < 1.29 is 18.1 Å². The normalized spacial score (nSPS) is 22.1. The van der Waals surface area contributed by atoms with Gasteiger partial charge in [0, 0.05) is 25.2 Å². The predicted octanol–water partition coefficient (Wildman–Crippen LogP) is 0.993. The largest absolute Gasteiger partial charge is 0.495 e. The Balaban J connectivity index is 0.00000242. The van der Waals surface area contributed by atoms with Gasteiger partial charge in [-0.05, 0) is 12.0 Å². The Morgan fingerprint density at radius 1 is 1.41 bits per heavy atom. The zero-order valence-electron chi connectivity index (χ0n) is 12.1. The molecule has 10 heteroatoms. The molecule has 0 spiro atoms. The summed E-state index contributed by atoms with van der Waals surface area (Å²) in [6, 6.07) is 3.23. The Kier molecular flexibility index (Phi) is 5.74. The van der Waals surface area contributed by atoms with Crippen LogP contribution in [0.2, 0.25) is 0 Å².